The van der Waals surface area contributed by atoms with Gasteiger partial charge in [0.1, 0.15) is 0 Å². The second-order valence-electron chi connectivity index (χ2n) is 17.2. The van der Waals surface area contributed by atoms with E-state index in [0.717, 1.165) is 24.2 Å². The molecule has 280 valence electrons. The first-order chi connectivity index (χ1) is 29.0. The van der Waals surface area contributed by atoms with Gasteiger partial charge in [-0.3, -0.25) is 0 Å². The first kappa shape index (κ1) is 34.1. The van der Waals surface area contributed by atoms with Crippen molar-refractivity contribution >= 4 is 27.8 Å². The van der Waals surface area contributed by atoms with Crippen molar-refractivity contribution in [3.05, 3.63) is 234 Å². The number of hydrogen-bond acceptors (Lipinski definition) is 1. The van der Waals surface area contributed by atoms with Crippen LogP contribution in [0, 0.1) is 0 Å². The Morgan fingerprint density at radius 1 is 0.390 bits per heavy atom. The second-order valence-corrected chi connectivity index (χ2v) is 17.2. The average molecular weight is 754 g/mol. The fourth-order valence-corrected chi connectivity index (χ4v) is 11.3. The minimum Gasteiger partial charge on any atom is -0.310 e. The Bertz CT molecular complexity index is 3130. The maximum absolute atomic E-state index is 2.51. The summed E-state index contributed by atoms with van der Waals surface area (Å²) in [5, 5.41) is 2.53. The molecule has 0 heterocycles. The van der Waals surface area contributed by atoms with E-state index in [0.29, 0.717) is 0 Å². The van der Waals surface area contributed by atoms with Crippen molar-refractivity contribution in [2.75, 3.05) is 4.90 Å². The number of hydrogen-bond donors (Lipinski definition) is 0. The van der Waals surface area contributed by atoms with E-state index in [9.17, 15) is 0 Å². The molecule has 0 amide bonds. The summed E-state index contributed by atoms with van der Waals surface area (Å²) in [4.78, 5) is 2.46. The van der Waals surface area contributed by atoms with E-state index in [4.69, 9.17) is 0 Å². The predicted molar refractivity (Wildman–Crippen MR) is 247 cm³/mol. The Morgan fingerprint density at radius 2 is 0.915 bits per heavy atom. The normalized spacial score (nSPS) is 16.4. The van der Waals surface area contributed by atoms with Crippen molar-refractivity contribution in [1.82, 2.24) is 0 Å². The summed E-state index contributed by atoms with van der Waals surface area (Å²) in [5.41, 5.74) is 22.2. The molecule has 1 nitrogen and oxygen atoms in total. The molecule has 3 aliphatic rings. The highest BCUT2D eigenvalue weighted by Crippen LogP contribution is 2.59. The van der Waals surface area contributed by atoms with Crippen LogP contribution in [-0.2, 0) is 17.3 Å². The number of aryl methyl sites for hydroxylation is 1. The van der Waals surface area contributed by atoms with Gasteiger partial charge in [0.2, 0.25) is 0 Å². The highest BCUT2D eigenvalue weighted by Gasteiger charge is 2.48. The van der Waals surface area contributed by atoms with Gasteiger partial charge < -0.3 is 4.90 Å². The van der Waals surface area contributed by atoms with Gasteiger partial charge in [0.25, 0.3) is 0 Å². The first-order valence-electron chi connectivity index (χ1n) is 21.1. The molecule has 0 saturated carbocycles. The molecular weight excluding hydrogens is 711 g/mol. The van der Waals surface area contributed by atoms with Crippen LogP contribution in [0.4, 0.5) is 17.1 Å². The van der Waals surface area contributed by atoms with Gasteiger partial charge in [0.15, 0.2) is 0 Å². The molecule has 0 aromatic heterocycles. The zero-order chi connectivity index (χ0) is 39.3. The summed E-state index contributed by atoms with van der Waals surface area (Å²) in [6.07, 6.45) is 2.16. The van der Waals surface area contributed by atoms with Gasteiger partial charge in [-0.25, -0.2) is 0 Å². The number of rotatable bonds is 5. The summed E-state index contributed by atoms with van der Waals surface area (Å²) in [6, 6.07) is 75.1. The van der Waals surface area contributed by atoms with Gasteiger partial charge in [-0.05, 0) is 138 Å². The molecule has 9 aromatic carbocycles. The quantitative estimate of drug-likeness (QED) is 0.169. The zero-order valence-electron chi connectivity index (χ0n) is 33.4. The van der Waals surface area contributed by atoms with Crippen LogP contribution in [0.3, 0.4) is 0 Å². The average Bonchev–Trinajstić information content (AvgIpc) is 3.90. The van der Waals surface area contributed by atoms with E-state index in [-0.39, 0.29) is 10.8 Å². The summed E-state index contributed by atoms with van der Waals surface area (Å²) in [5.74, 6) is 0. The third-order valence-electron chi connectivity index (χ3n) is 13.9. The van der Waals surface area contributed by atoms with Crippen molar-refractivity contribution in [3.63, 3.8) is 0 Å². The molecule has 0 aliphatic heterocycles. The molecule has 12 rings (SSSR count). The Labute approximate surface area is 346 Å². The van der Waals surface area contributed by atoms with Crippen LogP contribution in [0.5, 0.6) is 0 Å². The van der Waals surface area contributed by atoms with E-state index < -0.39 is 0 Å². The van der Waals surface area contributed by atoms with Gasteiger partial charge in [0, 0.05) is 27.9 Å². The summed E-state index contributed by atoms with van der Waals surface area (Å²) < 4.78 is 0. The van der Waals surface area contributed by atoms with Crippen LogP contribution in [0.2, 0.25) is 0 Å². The Hall–Kier alpha value is -6.96. The van der Waals surface area contributed by atoms with Gasteiger partial charge >= 0.3 is 0 Å². The minimum atomic E-state index is -0.162. The topological polar surface area (TPSA) is 3.24 Å². The van der Waals surface area contributed by atoms with Crippen LogP contribution in [0.25, 0.3) is 55.3 Å². The monoisotopic (exact) mass is 753 g/mol. The summed E-state index contributed by atoms with van der Waals surface area (Å²) in [6.45, 7) is 4.75. The first-order valence-corrected chi connectivity index (χ1v) is 21.1. The van der Waals surface area contributed by atoms with Gasteiger partial charge in [-0.1, -0.05) is 178 Å². The zero-order valence-corrected chi connectivity index (χ0v) is 33.4. The molecule has 1 spiro atoms. The molecule has 0 fully saturated rings. The third kappa shape index (κ3) is 4.91. The summed E-state index contributed by atoms with van der Waals surface area (Å²) >= 11 is 0. The van der Waals surface area contributed by atoms with Crippen molar-refractivity contribution in [3.8, 4) is 44.5 Å². The molecule has 1 unspecified atom stereocenters. The van der Waals surface area contributed by atoms with Crippen molar-refractivity contribution in [2.24, 2.45) is 0 Å². The molecule has 0 bridgehead atoms. The van der Waals surface area contributed by atoms with E-state index in [1.54, 1.807) is 0 Å². The second kappa shape index (κ2) is 12.8. The molecule has 1 heteroatoms. The largest absolute Gasteiger partial charge is 0.310 e. The maximum atomic E-state index is 2.51. The number of anilines is 3. The highest BCUT2D eigenvalue weighted by molar-refractivity contribution is 5.97. The van der Waals surface area contributed by atoms with Crippen molar-refractivity contribution in [1.29, 1.82) is 0 Å². The molecule has 0 N–H and O–H groups in total. The molecular formula is C58H43N. The lowest BCUT2D eigenvalue weighted by Crippen LogP contribution is -2.24. The summed E-state index contributed by atoms with van der Waals surface area (Å²) in [7, 11) is 0. The standard InChI is InChI=1S/C58H43N/c1-57(2)53-23-9-6-18-49(53)51-21-12-20-47(56(51)57)40-27-31-43(32-28-40)59(42-29-25-39(26-30-42)46-19-11-15-38-13-3-5-16-45(38)46)44-33-34-50-48-17-7-10-24-54(48)58(55(50)37-44)36-35-41-14-4-8-22-52(41)58/h3-34,37H,35-36H2,1-2H3. The maximum Gasteiger partial charge on any atom is 0.0470 e. The van der Waals surface area contributed by atoms with Crippen LogP contribution in [0.15, 0.2) is 200 Å². The number of fused-ring (bicyclic) bond motifs is 11. The third-order valence-corrected chi connectivity index (χ3v) is 13.9. The lowest BCUT2D eigenvalue weighted by atomic mass is 9.73. The van der Waals surface area contributed by atoms with Crippen LogP contribution < -0.4 is 4.90 Å². The Balaban J connectivity index is 1.01. The molecule has 3 aliphatic carbocycles. The van der Waals surface area contributed by atoms with Crippen LogP contribution in [-0.4, -0.2) is 0 Å². The molecule has 1 atom stereocenters. The van der Waals surface area contributed by atoms with Gasteiger partial charge in [0.05, 0.1) is 0 Å². The number of nitrogens with zero attached hydrogens (tertiary/aromatic N) is 1. The van der Waals surface area contributed by atoms with E-state index in [1.807, 2.05) is 0 Å². The molecule has 9 aromatic rings. The van der Waals surface area contributed by atoms with Gasteiger partial charge in [-0.15, -0.1) is 0 Å². The molecule has 59 heavy (non-hydrogen) atoms. The van der Waals surface area contributed by atoms with E-state index in [1.165, 1.54) is 94.3 Å². The number of benzene rings is 9. The highest BCUT2D eigenvalue weighted by atomic mass is 15.1. The van der Waals surface area contributed by atoms with Gasteiger partial charge in [-0.2, -0.15) is 0 Å². The Morgan fingerprint density at radius 3 is 1.69 bits per heavy atom. The van der Waals surface area contributed by atoms with E-state index in [2.05, 4.69) is 219 Å². The fourth-order valence-electron chi connectivity index (χ4n) is 11.3. The predicted octanol–water partition coefficient (Wildman–Crippen LogP) is 15.2. The lowest BCUT2D eigenvalue weighted by Gasteiger charge is -2.31. The van der Waals surface area contributed by atoms with Crippen LogP contribution >= 0.6 is 0 Å². The minimum absolute atomic E-state index is 0.0874. The SMILES string of the molecule is CC1(C)c2ccccc2-c2cccc(-c3ccc(N(c4ccc(-c5cccc6ccccc56)cc4)c4ccc5c(c4)C4(CCc6ccccc64)c4ccccc4-5)cc3)c21. The van der Waals surface area contributed by atoms with Crippen molar-refractivity contribution < 1.29 is 0 Å². The Kier molecular flexibility index (Phi) is 7.38. The van der Waals surface area contributed by atoms with E-state index >= 15 is 0 Å². The smallest absolute Gasteiger partial charge is 0.0470 e. The lowest BCUT2D eigenvalue weighted by molar-refractivity contribution is 0.626. The molecule has 0 radical (unpaired) electrons. The van der Waals surface area contributed by atoms with Crippen molar-refractivity contribution in [2.45, 2.75) is 37.5 Å². The molecule has 0 saturated heterocycles. The fraction of sp³-hybridized carbons (Fsp3) is 0.103. The van der Waals surface area contributed by atoms with Crippen LogP contribution in [0.1, 0.15) is 53.6 Å².